The van der Waals surface area contributed by atoms with Gasteiger partial charge in [0, 0.05) is 10.1 Å². The molecule has 0 aliphatic heterocycles. The minimum atomic E-state index is -3.06. The molecule has 1 aromatic carbocycles. The summed E-state index contributed by atoms with van der Waals surface area (Å²) in [5.41, 5.74) is 0.115. The first-order chi connectivity index (χ1) is 7.08. The van der Waals surface area contributed by atoms with Crippen molar-refractivity contribution in [3.63, 3.8) is 0 Å². The molecule has 82 valence electrons. The van der Waals surface area contributed by atoms with Gasteiger partial charge in [-0.3, -0.25) is 4.52 Å². The second-order valence-electron chi connectivity index (χ2n) is 2.47. The number of hydrogen-bond donors (Lipinski definition) is 3. The topological polar surface area (TPSA) is 96.2 Å². The Morgan fingerprint density at radius 2 is 1.93 bits per heavy atom. The van der Waals surface area contributed by atoms with Gasteiger partial charge in [-0.25, -0.2) is 0 Å². The summed E-state index contributed by atoms with van der Waals surface area (Å²) in [6.45, 7) is 0. The highest BCUT2D eigenvalue weighted by Gasteiger charge is 2.42. The summed E-state index contributed by atoms with van der Waals surface area (Å²) in [6.07, 6.45) is 0. The zero-order valence-corrected chi connectivity index (χ0v) is 9.29. The molecule has 0 aromatic heterocycles. The Labute approximate surface area is 88.4 Å². The zero-order chi connectivity index (χ0) is 11.3. The van der Waals surface area contributed by atoms with Crippen molar-refractivity contribution in [2.24, 2.45) is 0 Å². The molecule has 6 nitrogen and oxygen atoms in total. The first kappa shape index (κ1) is 12.6. The fourth-order valence-corrected chi connectivity index (χ4v) is 1.65. The average Bonchev–Trinajstić information content (AvgIpc) is 2.18. The van der Waals surface area contributed by atoms with E-state index in [2.05, 4.69) is 9.05 Å². The van der Waals surface area contributed by atoms with Crippen molar-refractivity contribution in [3.05, 3.63) is 35.9 Å². The Hall–Kier alpha value is -0.450. The summed E-state index contributed by atoms with van der Waals surface area (Å²) in [5.74, 6) is -2.41. The summed E-state index contributed by atoms with van der Waals surface area (Å²) < 4.78 is 19.3. The van der Waals surface area contributed by atoms with Crippen LogP contribution in [0, 0.1) is 0 Å². The lowest BCUT2D eigenvalue weighted by molar-refractivity contribution is -0.282. The van der Waals surface area contributed by atoms with Crippen molar-refractivity contribution >= 4 is 17.3 Å². The van der Waals surface area contributed by atoms with E-state index in [9.17, 15) is 9.67 Å². The van der Waals surface area contributed by atoms with Crippen LogP contribution < -0.4 is 0 Å². The van der Waals surface area contributed by atoms with Crippen molar-refractivity contribution in [2.75, 3.05) is 0 Å². The van der Waals surface area contributed by atoms with Gasteiger partial charge in [0.1, 0.15) is 0 Å². The van der Waals surface area contributed by atoms with Gasteiger partial charge in [0.15, 0.2) is 9.03 Å². The van der Waals surface area contributed by atoms with Crippen LogP contribution in [0.3, 0.4) is 0 Å². The highest BCUT2D eigenvalue weighted by molar-refractivity contribution is 7.32. The molecule has 0 amide bonds. The maximum Gasteiger partial charge on any atom is 0.700 e. The molecule has 0 heterocycles. The number of aliphatic hydroxyl groups is 1. The highest BCUT2D eigenvalue weighted by Crippen LogP contribution is 2.37. The molecule has 3 atom stereocenters. The highest BCUT2D eigenvalue weighted by atomic mass is 31.1. The molecule has 1 aromatic rings. The quantitative estimate of drug-likeness (QED) is 0.533. The average molecular weight is 251 g/mol. The van der Waals surface area contributed by atoms with Crippen LogP contribution in [0.4, 0.5) is 0 Å². The summed E-state index contributed by atoms with van der Waals surface area (Å²) in [4.78, 5) is 17.1. The Morgan fingerprint density at radius 3 is 2.40 bits per heavy atom. The number of rotatable bonds is 5. The molecule has 0 fully saturated rings. The van der Waals surface area contributed by atoms with Crippen LogP contribution in [0.1, 0.15) is 5.56 Å². The zero-order valence-electron chi connectivity index (χ0n) is 7.40. The van der Waals surface area contributed by atoms with Crippen molar-refractivity contribution in [1.82, 2.24) is 0 Å². The Balaban J connectivity index is 2.95. The second kappa shape index (κ2) is 5.58. The van der Waals surface area contributed by atoms with Crippen LogP contribution in [0.2, 0.25) is 0 Å². The Bertz CT molecular complexity index is 332. The Kier molecular flexibility index (Phi) is 4.70. The fourth-order valence-electron chi connectivity index (χ4n) is 0.947. The van der Waals surface area contributed by atoms with E-state index in [1.165, 1.54) is 12.1 Å². The van der Waals surface area contributed by atoms with Gasteiger partial charge in [-0.05, 0) is 4.52 Å². The number of hydrogen-bond acceptors (Lipinski definition) is 5. The van der Waals surface area contributed by atoms with E-state index in [0.29, 0.717) is 0 Å². The summed E-state index contributed by atoms with van der Waals surface area (Å²) in [7, 11) is -4.14. The molecule has 0 saturated carbocycles. The lowest BCUT2D eigenvalue weighted by Gasteiger charge is -2.19. The first-order valence-corrected chi connectivity index (χ1v) is 5.77. The largest absolute Gasteiger partial charge is 0.700 e. The summed E-state index contributed by atoms with van der Waals surface area (Å²) >= 11 is 0. The van der Waals surface area contributed by atoms with Gasteiger partial charge >= 0.3 is 14.2 Å². The first-order valence-electron chi connectivity index (χ1n) is 3.79. The number of benzene rings is 1. The second-order valence-corrected chi connectivity index (χ2v) is 3.52. The molecular weight excluding hydrogens is 242 g/mol. The third kappa shape index (κ3) is 3.55. The molecular formula is C7H9O6P2+. The van der Waals surface area contributed by atoms with E-state index in [-0.39, 0.29) is 5.56 Å². The minimum Gasteiger partial charge on any atom is -0.352 e. The lowest BCUT2D eigenvalue weighted by atomic mass is 10.2. The molecule has 15 heavy (non-hydrogen) atoms. The SMILES string of the molecule is O=[P+](O)OC(O)(OPO)c1ccccc1. The monoisotopic (exact) mass is 251 g/mol. The predicted molar refractivity (Wildman–Crippen MR) is 52.9 cm³/mol. The van der Waals surface area contributed by atoms with Gasteiger partial charge in [-0.15, -0.1) is 4.89 Å². The van der Waals surface area contributed by atoms with Gasteiger partial charge in [0.25, 0.3) is 0 Å². The standard InChI is InChI=1S/C7H8O6P2/c8-7(12-14-9,13-15(10)11)6-4-2-1-3-5-6/h1-5,8-9,14H/p+1. The fraction of sp³-hybridized carbons (Fsp3) is 0.143. The molecule has 1 rings (SSSR count). The van der Waals surface area contributed by atoms with Crippen molar-refractivity contribution in [1.29, 1.82) is 0 Å². The molecule has 3 unspecified atom stereocenters. The van der Waals surface area contributed by atoms with E-state index >= 15 is 0 Å². The molecule has 0 saturated heterocycles. The minimum absolute atomic E-state index is 0.115. The Morgan fingerprint density at radius 1 is 1.33 bits per heavy atom. The molecule has 0 radical (unpaired) electrons. The van der Waals surface area contributed by atoms with Crippen LogP contribution in [-0.2, 0) is 19.6 Å². The smallest absolute Gasteiger partial charge is 0.352 e. The van der Waals surface area contributed by atoms with Gasteiger partial charge in [-0.2, -0.15) is 0 Å². The summed E-state index contributed by atoms with van der Waals surface area (Å²) in [6, 6.07) is 7.71. The van der Waals surface area contributed by atoms with Crippen LogP contribution in [0.25, 0.3) is 0 Å². The maximum absolute atomic E-state index is 10.5. The van der Waals surface area contributed by atoms with Crippen LogP contribution in [0.15, 0.2) is 30.3 Å². The third-order valence-electron chi connectivity index (χ3n) is 1.52. The van der Waals surface area contributed by atoms with Crippen LogP contribution in [0.5, 0.6) is 0 Å². The van der Waals surface area contributed by atoms with Crippen LogP contribution >= 0.6 is 17.3 Å². The van der Waals surface area contributed by atoms with Gasteiger partial charge in [0.05, 0.1) is 0 Å². The normalized spacial score (nSPS) is 16.6. The molecule has 8 heteroatoms. The van der Waals surface area contributed by atoms with Gasteiger partial charge in [0.2, 0.25) is 0 Å². The van der Waals surface area contributed by atoms with Crippen molar-refractivity contribution in [3.8, 4) is 0 Å². The van der Waals surface area contributed by atoms with E-state index in [1.54, 1.807) is 18.2 Å². The molecule has 0 aliphatic rings. The van der Waals surface area contributed by atoms with Gasteiger partial charge < -0.3 is 10.00 Å². The van der Waals surface area contributed by atoms with Crippen molar-refractivity contribution in [2.45, 2.75) is 5.97 Å². The van der Waals surface area contributed by atoms with Crippen LogP contribution in [-0.4, -0.2) is 14.9 Å². The third-order valence-corrected chi connectivity index (χ3v) is 2.30. The maximum atomic E-state index is 10.5. The predicted octanol–water partition coefficient (Wildman–Crippen LogP) is 0.973. The van der Waals surface area contributed by atoms with E-state index in [4.69, 9.17) is 9.79 Å². The summed E-state index contributed by atoms with van der Waals surface area (Å²) in [5, 5.41) is 9.71. The van der Waals surface area contributed by atoms with Crippen molar-refractivity contribution < 1.29 is 28.5 Å². The lowest BCUT2D eigenvalue weighted by Crippen LogP contribution is -2.27. The van der Waals surface area contributed by atoms with E-state index in [0.717, 1.165) is 0 Å². The molecule has 0 aliphatic carbocycles. The van der Waals surface area contributed by atoms with E-state index < -0.39 is 23.3 Å². The van der Waals surface area contributed by atoms with Gasteiger partial charge in [-0.1, -0.05) is 30.3 Å². The molecule has 0 bridgehead atoms. The van der Waals surface area contributed by atoms with E-state index in [1.807, 2.05) is 0 Å². The molecule has 3 N–H and O–H groups in total. The molecule has 0 spiro atoms.